The van der Waals surface area contributed by atoms with Crippen LogP contribution in [0.5, 0.6) is 0 Å². The van der Waals surface area contributed by atoms with Gasteiger partial charge in [-0.05, 0) is 38.1 Å². The third kappa shape index (κ3) is 4.11. The Labute approximate surface area is 103 Å². The van der Waals surface area contributed by atoms with Crippen molar-refractivity contribution in [2.75, 3.05) is 13.6 Å². The minimum Gasteiger partial charge on any atom is -0.316 e. The molecule has 2 N–H and O–H groups in total. The van der Waals surface area contributed by atoms with Gasteiger partial charge in [-0.1, -0.05) is 19.1 Å². The second kappa shape index (κ2) is 6.14. The fraction of sp³-hybridized carbons (Fsp3) is 0.500. The third-order valence-electron chi connectivity index (χ3n) is 2.69. The summed E-state index contributed by atoms with van der Waals surface area (Å²) in [5.41, 5.74) is 1.02. The second-order valence-corrected chi connectivity index (χ2v) is 5.81. The van der Waals surface area contributed by atoms with Gasteiger partial charge in [-0.15, -0.1) is 0 Å². The summed E-state index contributed by atoms with van der Waals surface area (Å²) in [7, 11) is -1.59. The molecule has 0 spiro atoms. The van der Waals surface area contributed by atoms with Gasteiger partial charge in [0.25, 0.3) is 0 Å². The molecule has 1 aromatic rings. The summed E-state index contributed by atoms with van der Waals surface area (Å²) < 4.78 is 26.6. The molecule has 0 aromatic heterocycles. The minimum atomic E-state index is -3.39. The van der Waals surface area contributed by atoms with Crippen molar-refractivity contribution in [3.05, 3.63) is 29.8 Å². The molecular weight excluding hydrogens is 236 g/mol. The van der Waals surface area contributed by atoms with Crippen molar-refractivity contribution in [3.8, 4) is 0 Å². The molecule has 0 saturated carbocycles. The van der Waals surface area contributed by atoms with Crippen molar-refractivity contribution in [2.24, 2.45) is 0 Å². The Kier molecular flexibility index (Phi) is 5.11. The van der Waals surface area contributed by atoms with Gasteiger partial charge in [0, 0.05) is 12.6 Å². The lowest BCUT2D eigenvalue weighted by Gasteiger charge is -2.12. The number of sulfonamides is 1. The molecule has 0 fully saturated rings. The highest BCUT2D eigenvalue weighted by atomic mass is 32.2. The maximum absolute atomic E-state index is 12.0. The Bertz CT molecular complexity index is 457. The maximum Gasteiger partial charge on any atom is 0.240 e. The summed E-state index contributed by atoms with van der Waals surface area (Å²) in [6.45, 7) is 4.31. The lowest BCUT2D eigenvalue weighted by molar-refractivity contribution is 0.554. The highest BCUT2D eigenvalue weighted by molar-refractivity contribution is 7.89. The first-order valence-corrected chi connectivity index (χ1v) is 7.23. The molecular formula is C12H20N2O2S. The zero-order valence-electron chi connectivity index (χ0n) is 10.5. The SMILES string of the molecule is CCc1cccc(S(=O)(=O)NCC(C)NC)c1. The molecule has 1 rings (SSSR count). The van der Waals surface area contributed by atoms with E-state index in [2.05, 4.69) is 10.0 Å². The van der Waals surface area contributed by atoms with Crippen LogP contribution in [0.1, 0.15) is 19.4 Å². The smallest absolute Gasteiger partial charge is 0.240 e. The number of benzene rings is 1. The van der Waals surface area contributed by atoms with Crippen LogP contribution in [0, 0.1) is 0 Å². The highest BCUT2D eigenvalue weighted by Gasteiger charge is 2.14. The van der Waals surface area contributed by atoms with Crippen LogP contribution in [0.2, 0.25) is 0 Å². The van der Waals surface area contributed by atoms with Crippen LogP contribution in [-0.4, -0.2) is 28.1 Å². The van der Waals surface area contributed by atoms with Crippen LogP contribution in [-0.2, 0) is 16.4 Å². The van der Waals surface area contributed by atoms with Crippen molar-refractivity contribution in [1.29, 1.82) is 0 Å². The number of rotatable bonds is 6. The normalized spacial score (nSPS) is 13.6. The van der Waals surface area contributed by atoms with Gasteiger partial charge >= 0.3 is 0 Å². The summed E-state index contributed by atoms with van der Waals surface area (Å²) in [5, 5.41) is 2.98. The Balaban J connectivity index is 2.82. The maximum atomic E-state index is 12.0. The molecule has 17 heavy (non-hydrogen) atoms. The van der Waals surface area contributed by atoms with Crippen LogP contribution in [0.15, 0.2) is 29.2 Å². The van der Waals surface area contributed by atoms with E-state index in [9.17, 15) is 8.42 Å². The minimum absolute atomic E-state index is 0.110. The number of likely N-dealkylation sites (N-methyl/N-ethyl adjacent to an activating group) is 1. The van der Waals surface area contributed by atoms with Crippen LogP contribution in [0.3, 0.4) is 0 Å². The van der Waals surface area contributed by atoms with E-state index < -0.39 is 10.0 Å². The lowest BCUT2D eigenvalue weighted by Crippen LogP contribution is -2.37. The number of nitrogens with one attached hydrogen (secondary N) is 2. The summed E-state index contributed by atoms with van der Waals surface area (Å²) >= 11 is 0. The lowest BCUT2D eigenvalue weighted by atomic mass is 10.2. The van der Waals surface area contributed by atoms with Gasteiger partial charge in [0.05, 0.1) is 4.90 Å². The molecule has 96 valence electrons. The molecule has 0 saturated heterocycles. The molecule has 0 aliphatic rings. The van der Waals surface area contributed by atoms with Crippen LogP contribution >= 0.6 is 0 Å². The van der Waals surface area contributed by atoms with Gasteiger partial charge in [0.2, 0.25) is 10.0 Å². The molecule has 1 atom stereocenters. The molecule has 0 bridgehead atoms. The Morgan fingerprint density at radius 1 is 1.35 bits per heavy atom. The van der Waals surface area contributed by atoms with Crippen molar-refractivity contribution in [1.82, 2.24) is 10.0 Å². The Morgan fingerprint density at radius 2 is 2.06 bits per heavy atom. The van der Waals surface area contributed by atoms with E-state index in [1.807, 2.05) is 19.9 Å². The predicted molar refractivity (Wildman–Crippen MR) is 69.5 cm³/mol. The number of hydrogen-bond acceptors (Lipinski definition) is 3. The first kappa shape index (κ1) is 14.2. The average Bonchev–Trinajstić information content (AvgIpc) is 2.36. The monoisotopic (exact) mass is 256 g/mol. The molecule has 1 aromatic carbocycles. The van der Waals surface area contributed by atoms with Crippen LogP contribution in [0.4, 0.5) is 0 Å². The standard InChI is InChI=1S/C12H20N2O2S/c1-4-11-6-5-7-12(8-11)17(15,16)14-9-10(2)13-3/h5-8,10,13-14H,4,9H2,1-3H3. The Morgan fingerprint density at radius 3 is 2.65 bits per heavy atom. The molecule has 5 heteroatoms. The van der Waals surface area contributed by atoms with Crippen LogP contribution in [0.25, 0.3) is 0 Å². The topological polar surface area (TPSA) is 58.2 Å². The van der Waals surface area contributed by atoms with E-state index >= 15 is 0 Å². The largest absolute Gasteiger partial charge is 0.316 e. The molecule has 0 aliphatic heterocycles. The fourth-order valence-corrected chi connectivity index (χ4v) is 2.55. The van der Waals surface area contributed by atoms with Crippen molar-refractivity contribution in [2.45, 2.75) is 31.2 Å². The zero-order chi connectivity index (χ0) is 12.9. The fourth-order valence-electron chi connectivity index (χ4n) is 1.35. The third-order valence-corrected chi connectivity index (χ3v) is 4.11. The van der Waals surface area contributed by atoms with Gasteiger partial charge in [-0.3, -0.25) is 0 Å². The average molecular weight is 256 g/mol. The van der Waals surface area contributed by atoms with Gasteiger partial charge in [-0.2, -0.15) is 0 Å². The molecule has 4 nitrogen and oxygen atoms in total. The number of hydrogen-bond donors (Lipinski definition) is 2. The van der Waals surface area contributed by atoms with E-state index in [0.29, 0.717) is 11.4 Å². The molecule has 1 unspecified atom stereocenters. The zero-order valence-corrected chi connectivity index (χ0v) is 11.3. The summed E-state index contributed by atoms with van der Waals surface area (Å²) in [6.07, 6.45) is 0.830. The molecule has 0 heterocycles. The van der Waals surface area contributed by atoms with Crippen molar-refractivity contribution < 1.29 is 8.42 Å². The van der Waals surface area contributed by atoms with E-state index in [4.69, 9.17) is 0 Å². The second-order valence-electron chi connectivity index (χ2n) is 4.04. The van der Waals surface area contributed by atoms with Gasteiger partial charge in [0.1, 0.15) is 0 Å². The van der Waals surface area contributed by atoms with Gasteiger partial charge in [-0.25, -0.2) is 13.1 Å². The first-order chi connectivity index (χ1) is 7.99. The molecule has 0 amide bonds. The summed E-state index contributed by atoms with van der Waals surface area (Å²) in [4.78, 5) is 0.333. The highest BCUT2D eigenvalue weighted by Crippen LogP contribution is 2.11. The number of aryl methyl sites for hydroxylation is 1. The van der Waals surface area contributed by atoms with Crippen molar-refractivity contribution in [3.63, 3.8) is 0 Å². The molecule has 0 radical (unpaired) electrons. The molecule has 0 aliphatic carbocycles. The first-order valence-electron chi connectivity index (χ1n) is 5.75. The quantitative estimate of drug-likeness (QED) is 0.802. The van der Waals surface area contributed by atoms with Crippen molar-refractivity contribution >= 4 is 10.0 Å². The van der Waals surface area contributed by atoms with Gasteiger partial charge in [0.15, 0.2) is 0 Å². The van der Waals surface area contributed by atoms with E-state index in [1.54, 1.807) is 25.2 Å². The van der Waals surface area contributed by atoms with E-state index in [0.717, 1.165) is 12.0 Å². The Hall–Kier alpha value is -0.910. The van der Waals surface area contributed by atoms with E-state index in [1.165, 1.54) is 0 Å². The van der Waals surface area contributed by atoms with E-state index in [-0.39, 0.29) is 6.04 Å². The summed E-state index contributed by atoms with van der Waals surface area (Å²) in [6, 6.07) is 7.14. The summed E-state index contributed by atoms with van der Waals surface area (Å²) in [5.74, 6) is 0. The predicted octanol–water partition coefficient (Wildman–Crippen LogP) is 1.14. The van der Waals surface area contributed by atoms with Gasteiger partial charge < -0.3 is 5.32 Å². The van der Waals surface area contributed by atoms with Crippen LogP contribution < -0.4 is 10.0 Å².